The minimum atomic E-state index is -4.67. The van der Waals surface area contributed by atoms with Crippen LogP contribution in [-0.4, -0.2) is 175 Å². The van der Waals surface area contributed by atoms with E-state index in [2.05, 4.69) is 0 Å². The molecule has 55 heavy (non-hydrogen) atoms. The molecule has 0 spiro atoms. The van der Waals surface area contributed by atoms with Crippen molar-refractivity contribution in [2.45, 2.75) is 0 Å². The maximum Gasteiger partial charge on any atom is 0.394 e. The van der Waals surface area contributed by atoms with E-state index in [1.54, 1.807) is 0 Å². The van der Waals surface area contributed by atoms with Gasteiger partial charge < -0.3 is 0 Å². The van der Waals surface area contributed by atoms with Gasteiger partial charge in [0.15, 0.2) is 0 Å². The molecule has 0 amide bonds. The average Bonchev–Trinajstić information content (AvgIpc) is 2.34. The van der Waals surface area contributed by atoms with E-state index in [-0.39, 0.29) is 85.3 Å². The number of hydrogen-bond donors (Lipinski definition) is 20. The van der Waals surface area contributed by atoms with Gasteiger partial charge >= 0.3 is 104 Å². The largest absolute Gasteiger partial charge is 0.394 e. The second-order valence-corrected chi connectivity index (χ2v) is 13.4. The fraction of sp³-hybridized carbons (Fsp3) is 0. The van der Waals surface area contributed by atoms with E-state index in [0.717, 1.165) is 0 Å². The average molecular weight is 1300 g/mol. The molecule has 5 radical (unpaired) electrons. The van der Waals surface area contributed by atoms with Crippen molar-refractivity contribution in [1.82, 2.24) is 0 Å². The molecular formula is H20Cu5O40S10. The van der Waals surface area contributed by atoms with Crippen LogP contribution in [0.3, 0.4) is 0 Å². The molecule has 0 aromatic rings. The number of rotatable bonds is 0. The van der Waals surface area contributed by atoms with Crippen molar-refractivity contribution in [3.05, 3.63) is 0 Å². The van der Waals surface area contributed by atoms with Gasteiger partial charge in [0.1, 0.15) is 0 Å². The van der Waals surface area contributed by atoms with Gasteiger partial charge in [0.25, 0.3) is 0 Å². The molecule has 0 heterocycles. The molecule has 0 atom stereocenters. The van der Waals surface area contributed by atoms with Crippen molar-refractivity contribution in [3.8, 4) is 0 Å². The third-order valence-electron chi connectivity index (χ3n) is 0. The predicted octanol–water partition coefficient (Wildman–Crippen LogP) is -6.54. The van der Waals surface area contributed by atoms with Crippen LogP contribution in [0.15, 0.2) is 0 Å². The Labute approximate surface area is 361 Å². The van der Waals surface area contributed by atoms with E-state index in [9.17, 15) is 0 Å². The molecule has 0 aliphatic heterocycles. The van der Waals surface area contributed by atoms with Crippen molar-refractivity contribution in [3.63, 3.8) is 0 Å². The maximum absolute atomic E-state index is 8.74. The molecular weight excluding hydrogens is 1280 g/mol. The Morgan fingerprint density at radius 3 is 0.127 bits per heavy atom. The van der Waals surface area contributed by atoms with Gasteiger partial charge in [0, 0.05) is 85.3 Å². The Morgan fingerprint density at radius 1 is 0.127 bits per heavy atom. The van der Waals surface area contributed by atoms with Crippen molar-refractivity contribution < 1.29 is 261 Å². The van der Waals surface area contributed by atoms with E-state index in [4.69, 9.17) is 175 Å². The summed E-state index contributed by atoms with van der Waals surface area (Å²) >= 11 is 0. The standard InChI is InChI=1S/5Cu.10H2O4S/c;;;;;10*1-5(2,3)4/h;;;;;10*(H2,1,2,3,4). The molecule has 375 valence electrons. The summed E-state index contributed by atoms with van der Waals surface area (Å²) in [6, 6.07) is 0. The van der Waals surface area contributed by atoms with Crippen molar-refractivity contribution >= 4 is 104 Å². The second-order valence-electron chi connectivity index (χ2n) is 4.48. The summed E-state index contributed by atoms with van der Waals surface area (Å²) in [5, 5.41) is 0. The Morgan fingerprint density at radius 2 is 0.127 bits per heavy atom. The summed E-state index contributed by atoms with van der Waals surface area (Å²) in [5.41, 5.74) is 0. The van der Waals surface area contributed by atoms with Crippen LogP contribution in [0.2, 0.25) is 0 Å². The van der Waals surface area contributed by atoms with Crippen molar-refractivity contribution in [2.24, 2.45) is 0 Å². The second kappa shape index (κ2) is 43.4. The van der Waals surface area contributed by atoms with Crippen LogP contribution >= 0.6 is 0 Å². The first kappa shape index (κ1) is 101. The maximum atomic E-state index is 8.74. The molecule has 0 aromatic carbocycles. The topological polar surface area (TPSA) is 746 Å². The first-order valence-electron chi connectivity index (χ1n) is 6.98. The number of hydrogen-bond acceptors (Lipinski definition) is 20. The molecule has 0 unspecified atom stereocenters. The smallest absolute Gasteiger partial charge is 0.264 e. The molecule has 0 aliphatic rings. The fourth-order valence-corrected chi connectivity index (χ4v) is 0. The normalized spacial score (nSPS) is 10.5. The Kier molecular flexibility index (Phi) is 79.6. The van der Waals surface area contributed by atoms with Crippen LogP contribution in [-0.2, 0) is 189 Å². The molecule has 40 nitrogen and oxygen atoms in total. The summed E-state index contributed by atoms with van der Waals surface area (Å²) in [5.74, 6) is 0. The first-order chi connectivity index (χ1) is 20.0. The van der Waals surface area contributed by atoms with Gasteiger partial charge in [-0.3, -0.25) is 91.1 Å². The van der Waals surface area contributed by atoms with E-state index in [1.165, 1.54) is 0 Å². The van der Waals surface area contributed by atoms with Gasteiger partial charge in [-0.2, -0.15) is 84.2 Å². The zero-order valence-electron chi connectivity index (χ0n) is 22.7. The van der Waals surface area contributed by atoms with Crippen LogP contribution in [0.1, 0.15) is 0 Å². The van der Waals surface area contributed by atoms with Crippen LogP contribution in [0.25, 0.3) is 0 Å². The molecule has 0 saturated carbocycles. The minimum Gasteiger partial charge on any atom is -0.264 e. The minimum absolute atomic E-state index is 0. The summed E-state index contributed by atoms with van der Waals surface area (Å²) in [6.07, 6.45) is 0. The zero-order valence-corrected chi connectivity index (χ0v) is 35.6. The Balaban J connectivity index is -0.0000000246. The monoisotopic (exact) mass is 1290 g/mol. The van der Waals surface area contributed by atoms with Gasteiger partial charge in [0.2, 0.25) is 0 Å². The van der Waals surface area contributed by atoms with Crippen LogP contribution in [0.4, 0.5) is 0 Å². The van der Waals surface area contributed by atoms with E-state index in [1.807, 2.05) is 0 Å². The Bertz CT molecular complexity index is 1390. The van der Waals surface area contributed by atoms with Gasteiger partial charge in [-0.05, 0) is 0 Å². The summed E-state index contributed by atoms with van der Waals surface area (Å²) in [7, 11) is -46.7. The third-order valence-corrected chi connectivity index (χ3v) is 0. The zero-order chi connectivity index (χ0) is 45.0. The Hall–Kier alpha value is 1.30. The van der Waals surface area contributed by atoms with Gasteiger partial charge in [0.05, 0.1) is 0 Å². The molecule has 20 N–H and O–H groups in total. The van der Waals surface area contributed by atoms with Crippen LogP contribution in [0, 0.1) is 0 Å². The quantitative estimate of drug-likeness (QED) is 0.0792. The van der Waals surface area contributed by atoms with Crippen LogP contribution < -0.4 is 0 Å². The van der Waals surface area contributed by atoms with Crippen molar-refractivity contribution in [2.75, 3.05) is 0 Å². The molecule has 55 heteroatoms. The third kappa shape index (κ3) is 93300. The summed E-state index contributed by atoms with van der Waals surface area (Å²) in [4.78, 5) is 0. The van der Waals surface area contributed by atoms with Crippen LogP contribution in [0.5, 0.6) is 0 Å². The molecule has 0 bridgehead atoms. The van der Waals surface area contributed by atoms with E-state index >= 15 is 0 Å². The van der Waals surface area contributed by atoms with Crippen molar-refractivity contribution in [1.29, 1.82) is 0 Å². The van der Waals surface area contributed by atoms with E-state index in [0.29, 0.717) is 0 Å². The molecule has 0 saturated heterocycles. The van der Waals surface area contributed by atoms with E-state index < -0.39 is 104 Å². The SMILES string of the molecule is O=S(=O)(O)O.O=S(=O)(O)O.O=S(=O)(O)O.O=S(=O)(O)O.O=S(=O)(O)O.O=S(=O)(O)O.O=S(=O)(O)O.O=S(=O)(O)O.O=S(=O)(O)O.O=S(=O)(O)O.[Cu].[Cu].[Cu].[Cu].[Cu]. The van der Waals surface area contributed by atoms with Gasteiger partial charge in [-0.1, -0.05) is 0 Å². The van der Waals surface area contributed by atoms with Gasteiger partial charge in [-0.25, -0.2) is 0 Å². The predicted molar refractivity (Wildman–Crippen MR) is 142 cm³/mol. The molecule has 0 fully saturated rings. The summed E-state index contributed by atoms with van der Waals surface area (Å²) < 4.78 is 316. The van der Waals surface area contributed by atoms with Gasteiger partial charge in [-0.15, -0.1) is 0 Å². The molecule has 0 rings (SSSR count). The molecule has 0 aromatic heterocycles. The summed E-state index contributed by atoms with van der Waals surface area (Å²) in [6.45, 7) is 0. The molecule has 0 aliphatic carbocycles. The fourth-order valence-electron chi connectivity index (χ4n) is 0. The first-order valence-corrected chi connectivity index (χ1v) is 21.0.